The van der Waals surface area contributed by atoms with Crippen molar-refractivity contribution in [1.29, 1.82) is 0 Å². The van der Waals surface area contributed by atoms with Crippen molar-refractivity contribution in [2.24, 2.45) is 5.92 Å². The Labute approximate surface area is 195 Å². The van der Waals surface area contributed by atoms with Crippen LogP contribution < -0.4 is 10.8 Å². The number of amides is 2. The molecule has 2 aromatic rings. The molecule has 0 aromatic heterocycles. The SMILES string of the molecule is CSc1ccc(NC(=O)O[C@@H](c2cc(Br)cc(Br)c2O)[C@@H](C)/C=C/C(=O)NO)cc1. The maximum Gasteiger partial charge on any atom is 0.412 e. The van der Waals surface area contributed by atoms with Crippen molar-refractivity contribution >= 4 is 61.3 Å². The summed E-state index contributed by atoms with van der Waals surface area (Å²) in [7, 11) is 0. The molecule has 0 aliphatic rings. The van der Waals surface area contributed by atoms with E-state index in [1.165, 1.54) is 11.6 Å². The first kappa shape index (κ1) is 24.3. The van der Waals surface area contributed by atoms with Crippen LogP contribution in [0.2, 0.25) is 0 Å². The van der Waals surface area contributed by atoms with Gasteiger partial charge < -0.3 is 9.84 Å². The van der Waals surface area contributed by atoms with Gasteiger partial charge in [-0.25, -0.2) is 10.3 Å². The molecule has 0 unspecified atom stereocenters. The van der Waals surface area contributed by atoms with Crippen LogP contribution in [0, 0.1) is 5.92 Å². The molecule has 0 aliphatic carbocycles. The lowest BCUT2D eigenvalue weighted by molar-refractivity contribution is -0.124. The lowest BCUT2D eigenvalue weighted by Gasteiger charge is -2.24. The van der Waals surface area contributed by atoms with Crippen LogP contribution in [0.3, 0.4) is 0 Å². The summed E-state index contributed by atoms with van der Waals surface area (Å²) in [6.45, 7) is 1.71. The number of aromatic hydroxyl groups is 1. The molecule has 0 saturated carbocycles. The Morgan fingerprint density at radius 1 is 1.20 bits per heavy atom. The quantitative estimate of drug-likeness (QED) is 0.152. The van der Waals surface area contributed by atoms with Gasteiger partial charge in [-0.2, -0.15) is 0 Å². The molecule has 2 amide bonds. The smallest absolute Gasteiger partial charge is 0.412 e. The molecule has 0 aliphatic heterocycles. The maximum atomic E-state index is 12.5. The van der Waals surface area contributed by atoms with E-state index in [4.69, 9.17) is 9.94 Å². The predicted octanol–water partition coefficient (Wildman–Crippen LogP) is 5.63. The van der Waals surface area contributed by atoms with Crippen LogP contribution in [0.15, 0.2) is 62.4 Å². The molecule has 0 spiro atoms. The molecule has 0 saturated heterocycles. The second kappa shape index (κ2) is 11.4. The molecule has 160 valence electrons. The van der Waals surface area contributed by atoms with Crippen molar-refractivity contribution in [3.8, 4) is 5.75 Å². The van der Waals surface area contributed by atoms with E-state index in [0.717, 1.165) is 11.0 Å². The number of phenols is 1. The normalized spacial score (nSPS) is 13.0. The Hall–Kier alpha value is -2.01. The van der Waals surface area contributed by atoms with Crippen molar-refractivity contribution in [3.05, 3.63) is 63.1 Å². The number of hydroxylamine groups is 1. The molecule has 30 heavy (non-hydrogen) atoms. The van der Waals surface area contributed by atoms with Gasteiger partial charge in [-0.15, -0.1) is 11.8 Å². The number of benzene rings is 2. The lowest BCUT2D eigenvalue weighted by Crippen LogP contribution is -2.22. The maximum absolute atomic E-state index is 12.5. The first-order valence-corrected chi connectivity index (χ1v) is 11.5. The van der Waals surface area contributed by atoms with E-state index in [1.807, 2.05) is 18.4 Å². The Bertz CT molecular complexity index is 938. The standard InChI is InChI=1S/C20H20Br2N2O5S/c1-11(3-8-17(25)24-28)19(15-9-12(21)10-16(22)18(15)26)29-20(27)23-13-4-6-14(30-2)7-5-13/h3-11,19,26,28H,1-2H3,(H,23,27)(H,24,25)/b8-3+/t11-,19+/m0/s1. The predicted molar refractivity (Wildman–Crippen MR) is 123 cm³/mol. The van der Waals surface area contributed by atoms with Gasteiger partial charge in [-0.05, 0) is 58.6 Å². The minimum Gasteiger partial charge on any atom is -0.506 e. The number of halogens is 2. The van der Waals surface area contributed by atoms with Crippen LogP contribution in [0.4, 0.5) is 10.5 Å². The number of carbonyl (C=O) groups is 2. The monoisotopic (exact) mass is 558 g/mol. The molecule has 4 N–H and O–H groups in total. The minimum absolute atomic E-state index is 0.0906. The van der Waals surface area contributed by atoms with E-state index in [1.54, 1.807) is 43.0 Å². The number of rotatable bonds is 7. The van der Waals surface area contributed by atoms with Crippen LogP contribution in [-0.2, 0) is 9.53 Å². The first-order valence-electron chi connectivity index (χ1n) is 8.67. The molecule has 2 aromatic carbocycles. The van der Waals surface area contributed by atoms with Gasteiger partial charge in [-0.3, -0.25) is 15.3 Å². The average molecular weight is 560 g/mol. The van der Waals surface area contributed by atoms with Gasteiger partial charge in [0.05, 0.1) is 4.47 Å². The van der Waals surface area contributed by atoms with Gasteiger partial charge in [-0.1, -0.05) is 28.9 Å². The van der Waals surface area contributed by atoms with Crippen LogP contribution in [0.5, 0.6) is 5.75 Å². The van der Waals surface area contributed by atoms with E-state index in [2.05, 4.69) is 37.2 Å². The highest BCUT2D eigenvalue weighted by molar-refractivity contribution is 9.11. The van der Waals surface area contributed by atoms with Crippen molar-refractivity contribution in [3.63, 3.8) is 0 Å². The number of nitrogens with one attached hydrogen (secondary N) is 2. The third kappa shape index (κ3) is 6.76. The summed E-state index contributed by atoms with van der Waals surface area (Å²) < 4.78 is 6.69. The van der Waals surface area contributed by atoms with Crippen LogP contribution >= 0.6 is 43.6 Å². The minimum atomic E-state index is -0.924. The Kier molecular flexibility index (Phi) is 9.22. The Morgan fingerprint density at radius 3 is 2.47 bits per heavy atom. The van der Waals surface area contributed by atoms with E-state index in [-0.39, 0.29) is 5.75 Å². The number of anilines is 1. The highest BCUT2D eigenvalue weighted by Gasteiger charge is 2.27. The number of ether oxygens (including phenoxy) is 1. The Balaban J connectivity index is 2.29. The molecule has 0 radical (unpaired) electrons. The van der Waals surface area contributed by atoms with Gasteiger partial charge in [0.1, 0.15) is 11.9 Å². The largest absolute Gasteiger partial charge is 0.506 e. The summed E-state index contributed by atoms with van der Waals surface area (Å²) in [4.78, 5) is 24.9. The summed E-state index contributed by atoms with van der Waals surface area (Å²) >= 11 is 8.21. The van der Waals surface area contributed by atoms with Gasteiger partial charge in [0, 0.05) is 32.6 Å². The zero-order valence-electron chi connectivity index (χ0n) is 16.1. The molecular weight excluding hydrogens is 540 g/mol. The second-order valence-corrected chi connectivity index (χ2v) is 8.85. The van der Waals surface area contributed by atoms with E-state index < -0.39 is 24.0 Å². The van der Waals surface area contributed by atoms with Crippen molar-refractivity contribution in [1.82, 2.24) is 5.48 Å². The van der Waals surface area contributed by atoms with Crippen molar-refractivity contribution < 1.29 is 24.6 Å². The van der Waals surface area contributed by atoms with Gasteiger partial charge in [0.25, 0.3) is 5.91 Å². The van der Waals surface area contributed by atoms with Crippen LogP contribution in [-0.4, -0.2) is 28.6 Å². The summed E-state index contributed by atoms with van der Waals surface area (Å²) in [5.74, 6) is -1.33. The first-order chi connectivity index (χ1) is 14.2. The summed E-state index contributed by atoms with van der Waals surface area (Å²) in [6, 6.07) is 10.5. The third-order valence-electron chi connectivity index (χ3n) is 4.07. The van der Waals surface area contributed by atoms with E-state index in [9.17, 15) is 14.7 Å². The average Bonchev–Trinajstić information content (AvgIpc) is 2.73. The number of carbonyl (C=O) groups excluding carboxylic acids is 2. The van der Waals surface area contributed by atoms with Gasteiger partial charge in [0.2, 0.25) is 0 Å². The van der Waals surface area contributed by atoms with Gasteiger partial charge in [0.15, 0.2) is 0 Å². The summed E-state index contributed by atoms with van der Waals surface area (Å²) in [5.41, 5.74) is 2.39. The number of phenolic OH excluding ortho intramolecular Hbond substituents is 1. The molecule has 0 heterocycles. The molecular formula is C20H20Br2N2O5S. The number of hydrogen-bond donors (Lipinski definition) is 4. The highest BCUT2D eigenvalue weighted by atomic mass is 79.9. The topological polar surface area (TPSA) is 108 Å². The third-order valence-corrected chi connectivity index (χ3v) is 5.88. The fourth-order valence-electron chi connectivity index (χ4n) is 2.57. The molecule has 0 bridgehead atoms. The van der Waals surface area contributed by atoms with E-state index >= 15 is 0 Å². The van der Waals surface area contributed by atoms with Crippen LogP contribution in [0.1, 0.15) is 18.6 Å². The van der Waals surface area contributed by atoms with Crippen LogP contribution in [0.25, 0.3) is 0 Å². The van der Waals surface area contributed by atoms with Crippen molar-refractivity contribution in [2.75, 3.05) is 11.6 Å². The molecule has 7 nitrogen and oxygen atoms in total. The zero-order valence-corrected chi connectivity index (χ0v) is 20.0. The second-order valence-electron chi connectivity index (χ2n) is 6.20. The lowest BCUT2D eigenvalue weighted by atomic mass is 9.96. The summed E-state index contributed by atoms with van der Waals surface area (Å²) in [6.07, 6.45) is 2.89. The molecule has 2 rings (SSSR count). The van der Waals surface area contributed by atoms with Crippen molar-refractivity contribution in [2.45, 2.75) is 17.9 Å². The zero-order chi connectivity index (χ0) is 22.3. The van der Waals surface area contributed by atoms with Gasteiger partial charge >= 0.3 is 6.09 Å². The molecule has 10 heteroatoms. The number of thioether (sulfide) groups is 1. The van der Waals surface area contributed by atoms with E-state index in [0.29, 0.717) is 20.2 Å². The fraction of sp³-hybridized carbons (Fsp3) is 0.200. The Morgan fingerprint density at radius 2 is 1.87 bits per heavy atom. The fourth-order valence-corrected chi connectivity index (χ4v) is 4.24. The highest BCUT2D eigenvalue weighted by Crippen LogP contribution is 2.40. The number of hydrogen-bond acceptors (Lipinski definition) is 6. The summed E-state index contributed by atoms with van der Waals surface area (Å²) in [5, 5.41) is 21.8. The molecule has 0 fully saturated rings. The molecule has 2 atom stereocenters.